The average Bonchev–Trinajstić information content (AvgIpc) is 3.29. The number of hydrogen-bond acceptors (Lipinski definition) is 7. The van der Waals surface area contributed by atoms with E-state index in [1.807, 2.05) is 18.2 Å². The van der Waals surface area contributed by atoms with Crippen molar-refractivity contribution in [3.63, 3.8) is 0 Å². The molecule has 168 valence electrons. The van der Waals surface area contributed by atoms with Gasteiger partial charge in [0, 0.05) is 42.9 Å². The van der Waals surface area contributed by atoms with Gasteiger partial charge >= 0.3 is 0 Å². The molecule has 0 bridgehead atoms. The number of benzene rings is 1. The van der Waals surface area contributed by atoms with Gasteiger partial charge in [0.2, 0.25) is 0 Å². The summed E-state index contributed by atoms with van der Waals surface area (Å²) in [4.78, 5) is 10.9. The fourth-order valence-corrected chi connectivity index (χ4v) is 4.12. The zero-order valence-corrected chi connectivity index (χ0v) is 17.9. The van der Waals surface area contributed by atoms with Crippen LogP contribution in [0.2, 0.25) is 0 Å². The van der Waals surface area contributed by atoms with Crippen molar-refractivity contribution in [2.75, 3.05) is 38.6 Å². The summed E-state index contributed by atoms with van der Waals surface area (Å²) in [6.07, 6.45) is 7.51. The Hall–Kier alpha value is -3.17. The molecule has 1 aliphatic heterocycles. The highest BCUT2D eigenvalue weighted by Crippen LogP contribution is 2.30. The maximum Gasteiger partial charge on any atom is 0.180 e. The Balaban J connectivity index is 1.55. The van der Waals surface area contributed by atoms with Crippen LogP contribution in [0, 0.1) is 5.41 Å². The minimum absolute atomic E-state index is 0.0514. The summed E-state index contributed by atoms with van der Waals surface area (Å²) in [5, 5.41) is 22.1. The maximum atomic E-state index is 12.6. The third kappa shape index (κ3) is 4.84. The average molecular weight is 438 g/mol. The molecule has 1 aromatic carbocycles. The molecule has 4 N–H and O–H groups in total. The number of aliphatic hydroxyl groups excluding tert-OH is 1. The molecule has 1 aliphatic rings. The zero-order valence-electron chi connectivity index (χ0n) is 17.9. The van der Waals surface area contributed by atoms with Crippen LogP contribution in [0.3, 0.4) is 0 Å². The van der Waals surface area contributed by atoms with E-state index in [9.17, 15) is 4.39 Å². The van der Waals surface area contributed by atoms with E-state index in [0.717, 1.165) is 37.1 Å². The highest BCUT2D eigenvalue weighted by Gasteiger charge is 2.22. The Morgan fingerprint density at radius 3 is 2.81 bits per heavy atom. The van der Waals surface area contributed by atoms with Gasteiger partial charge in [0.15, 0.2) is 11.6 Å². The van der Waals surface area contributed by atoms with Crippen LogP contribution in [0.5, 0.6) is 0 Å². The first-order valence-electron chi connectivity index (χ1n) is 10.8. The molecule has 0 unspecified atom stereocenters. The van der Waals surface area contributed by atoms with Crippen molar-refractivity contribution in [3.8, 4) is 5.82 Å². The predicted molar refractivity (Wildman–Crippen MR) is 121 cm³/mol. The lowest BCUT2D eigenvalue weighted by Gasteiger charge is -2.31. The monoisotopic (exact) mass is 437 g/mol. The maximum absolute atomic E-state index is 12.6. The van der Waals surface area contributed by atoms with Crippen molar-refractivity contribution in [1.82, 2.24) is 24.6 Å². The number of aromatic nitrogens is 4. The number of hydrogen-bond donors (Lipinski definition) is 3. The smallest absolute Gasteiger partial charge is 0.180 e. The molecule has 0 saturated carbocycles. The second-order valence-electron chi connectivity index (χ2n) is 8.03. The van der Waals surface area contributed by atoms with Crippen LogP contribution in [0.4, 0.5) is 10.1 Å². The molecule has 0 amide bonds. The third-order valence-corrected chi connectivity index (χ3v) is 5.94. The van der Waals surface area contributed by atoms with E-state index in [0.29, 0.717) is 36.0 Å². The summed E-state index contributed by atoms with van der Waals surface area (Å²) in [7, 11) is 0. The van der Waals surface area contributed by atoms with Crippen molar-refractivity contribution >= 4 is 11.4 Å². The van der Waals surface area contributed by atoms with Gasteiger partial charge < -0.3 is 15.7 Å². The summed E-state index contributed by atoms with van der Waals surface area (Å²) in [5.74, 6) is 1.17. The molecule has 0 aliphatic carbocycles. The molecule has 3 aromatic rings. The quantitative estimate of drug-likeness (QED) is 0.368. The number of nitrogens with one attached hydrogen (secondary N) is 1. The van der Waals surface area contributed by atoms with E-state index in [1.54, 1.807) is 29.3 Å². The van der Waals surface area contributed by atoms with Crippen LogP contribution in [-0.2, 0) is 6.42 Å². The predicted octanol–water partition coefficient (Wildman–Crippen LogP) is 2.34. The molecule has 1 fully saturated rings. The number of nitrogens with zero attached hydrogens (tertiary/aromatic N) is 5. The number of anilines is 1. The zero-order chi connectivity index (χ0) is 22.5. The Bertz CT molecular complexity index is 1080. The molecular formula is C23H28FN7O. The molecule has 0 atom stereocenters. The van der Waals surface area contributed by atoms with Gasteiger partial charge in [0.05, 0.1) is 6.20 Å². The van der Waals surface area contributed by atoms with E-state index < -0.39 is 0 Å². The molecular weight excluding hydrogens is 409 g/mol. The first kappa shape index (κ1) is 22.0. The Kier molecular flexibility index (Phi) is 6.87. The first-order chi connectivity index (χ1) is 15.6. The van der Waals surface area contributed by atoms with E-state index >= 15 is 0 Å². The SMILES string of the molecule is N=C(c1nccc(-n2cc(CCO)cn2)n1)c1cc(C2CCN(CCF)CC2)ccc1N. The second kappa shape index (κ2) is 9.97. The number of alkyl halides is 1. The molecule has 0 radical (unpaired) electrons. The normalized spacial score (nSPS) is 15.2. The van der Waals surface area contributed by atoms with Crippen molar-refractivity contribution in [3.05, 3.63) is 65.4 Å². The van der Waals surface area contributed by atoms with Crippen LogP contribution in [-0.4, -0.2) is 68.4 Å². The van der Waals surface area contributed by atoms with Crippen LogP contribution >= 0.6 is 0 Å². The lowest BCUT2D eigenvalue weighted by molar-refractivity contribution is 0.197. The molecule has 1 saturated heterocycles. The van der Waals surface area contributed by atoms with Crippen LogP contribution < -0.4 is 5.73 Å². The largest absolute Gasteiger partial charge is 0.398 e. The summed E-state index contributed by atoms with van der Waals surface area (Å²) in [6.45, 7) is 1.98. The first-order valence-corrected chi connectivity index (χ1v) is 10.8. The van der Waals surface area contributed by atoms with Gasteiger partial charge in [-0.25, -0.2) is 19.0 Å². The van der Waals surface area contributed by atoms with Crippen molar-refractivity contribution < 1.29 is 9.50 Å². The molecule has 32 heavy (non-hydrogen) atoms. The summed E-state index contributed by atoms with van der Waals surface area (Å²) in [5.41, 5.74) is 9.52. The highest BCUT2D eigenvalue weighted by atomic mass is 19.1. The minimum Gasteiger partial charge on any atom is -0.398 e. The molecule has 2 aromatic heterocycles. The number of nitrogens with two attached hydrogens (primary N) is 1. The van der Waals surface area contributed by atoms with Gasteiger partial charge in [-0.3, -0.25) is 5.41 Å². The lowest BCUT2D eigenvalue weighted by Crippen LogP contribution is -2.34. The Labute approximate surface area is 186 Å². The Morgan fingerprint density at radius 1 is 1.25 bits per heavy atom. The summed E-state index contributed by atoms with van der Waals surface area (Å²) in [6, 6.07) is 7.55. The van der Waals surface area contributed by atoms with Crippen molar-refractivity contribution in [2.24, 2.45) is 0 Å². The summed E-state index contributed by atoms with van der Waals surface area (Å²) >= 11 is 0. The van der Waals surface area contributed by atoms with Gasteiger partial charge in [-0.1, -0.05) is 6.07 Å². The van der Waals surface area contributed by atoms with Gasteiger partial charge in [-0.05, 0) is 61.5 Å². The second-order valence-corrected chi connectivity index (χ2v) is 8.03. The fourth-order valence-electron chi connectivity index (χ4n) is 4.12. The van der Waals surface area contributed by atoms with Crippen molar-refractivity contribution in [1.29, 1.82) is 5.41 Å². The molecule has 3 heterocycles. The molecule has 4 rings (SSSR count). The topological polar surface area (TPSA) is 117 Å². The number of aliphatic hydroxyl groups is 1. The molecule has 8 nitrogen and oxygen atoms in total. The number of halogens is 1. The number of likely N-dealkylation sites (tertiary alicyclic amines) is 1. The van der Waals surface area contributed by atoms with Crippen LogP contribution in [0.25, 0.3) is 5.82 Å². The third-order valence-electron chi connectivity index (χ3n) is 5.94. The van der Waals surface area contributed by atoms with E-state index in [-0.39, 0.29) is 24.8 Å². The number of rotatable bonds is 8. The molecule has 0 spiro atoms. The number of nitrogen functional groups attached to an aromatic ring is 1. The van der Waals surface area contributed by atoms with Crippen molar-refractivity contribution in [2.45, 2.75) is 25.2 Å². The standard InChI is InChI=1S/C23H28FN7O/c24-7-11-30-9-4-17(5-10-30)18-1-2-20(25)19(13-18)22(26)23-27-8-3-21(29-23)31-15-16(6-12-32)14-28-31/h1-3,8,13-15,17,26,32H,4-7,9-12,25H2. The van der Waals surface area contributed by atoms with Crippen LogP contribution in [0.1, 0.15) is 41.3 Å². The van der Waals surface area contributed by atoms with E-state index in [4.69, 9.17) is 16.2 Å². The Morgan fingerprint density at radius 2 is 2.06 bits per heavy atom. The summed E-state index contributed by atoms with van der Waals surface area (Å²) < 4.78 is 14.2. The van der Waals surface area contributed by atoms with Crippen LogP contribution in [0.15, 0.2) is 42.9 Å². The van der Waals surface area contributed by atoms with Gasteiger partial charge in [0.25, 0.3) is 0 Å². The van der Waals surface area contributed by atoms with Gasteiger partial charge in [0.1, 0.15) is 12.4 Å². The fraction of sp³-hybridized carbons (Fsp3) is 0.391. The van der Waals surface area contributed by atoms with E-state index in [1.165, 1.54) is 0 Å². The number of piperidine rings is 1. The molecule has 9 heteroatoms. The lowest BCUT2D eigenvalue weighted by atomic mass is 9.87. The van der Waals surface area contributed by atoms with Gasteiger partial charge in [-0.2, -0.15) is 5.10 Å². The highest BCUT2D eigenvalue weighted by molar-refractivity contribution is 6.11. The minimum atomic E-state index is -0.311. The van der Waals surface area contributed by atoms with E-state index in [2.05, 4.69) is 20.0 Å². The van der Waals surface area contributed by atoms with Gasteiger partial charge in [-0.15, -0.1) is 0 Å².